The van der Waals surface area contributed by atoms with Gasteiger partial charge in [-0.3, -0.25) is 0 Å². The number of halogens is 1. The van der Waals surface area contributed by atoms with Gasteiger partial charge in [0.1, 0.15) is 10.4 Å². The summed E-state index contributed by atoms with van der Waals surface area (Å²) in [6.07, 6.45) is 0.597. The van der Waals surface area contributed by atoms with Crippen LogP contribution in [0.2, 0.25) is 0 Å². The molecule has 1 heterocycles. The molecule has 102 valence electrons. The minimum Gasteiger partial charge on any atom is -0.396 e. The Kier molecular flexibility index (Phi) is 4.27. The number of aliphatic hydroxyl groups is 1. The van der Waals surface area contributed by atoms with Gasteiger partial charge in [0.25, 0.3) is 0 Å². The molecule has 0 spiro atoms. The van der Waals surface area contributed by atoms with Crippen molar-refractivity contribution in [3.8, 4) is 11.4 Å². The lowest BCUT2D eigenvalue weighted by Gasteiger charge is -2.12. The molecule has 0 atom stereocenters. The van der Waals surface area contributed by atoms with E-state index in [4.69, 9.17) is 5.11 Å². The molecule has 19 heavy (non-hydrogen) atoms. The lowest BCUT2D eigenvalue weighted by molar-refractivity contribution is 0.296. The van der Waals surface area contributed by atoms with Crippen molar-refractivity contribution in [3.05, 3.63) is 34.6 Å². The van der Waals surface area contributed by atoms with Gasteiger partial charge >= 0.3 is 0 Å². The summed E-state index contributed by atoms with van der Waals surface area (Å²) in [5.74, 6) is 0.903. The van der Waals surface area contributed by atoms with Crippen LogP contribution >= 0.6 is 15.9 Å². The van der Waals surface area contributed by atoms with Crippen molar-refractivity contribution >= 4 is 21.6 Å². The maximum atomic E-state index is 9.08. The number of rotatable bonds is 4. The topological polar surface area (TPSA) is 41.3 Å². The molecular weight excluding hydrogens is 306 g/mol. The number of nitrogens with zero attached hydrogens (tertiary/aromatic N) is 3. The summed E-state index contributed by atoms with van der Waals surface area (Å²) in [6, 6.07) is 8.27. The Bertz CT molecular complexity index is 561. The van der Waals surface area contributed by atoms with Crippen LogP contribution in [0.25, 0.3) is 11.4 Å². The molecule has 0 amide bonds. The van der Waals surface area contributed by atoms with Crippen LogP contribution in [-0.4, -0.2) is 35.4 Å². The SMILES string of the molecule is CN(C)c1ccc(-c2nc(Br)c(CCO)n2C)cc1. The molecule has 0 aliphatic carbocycles. The zero-order chi connectivity index (χ0) is 14.0. The molecule has 4 nitrogen and oxygen atoms in total. The van der Waals surface area contributed by atoms with E-state index in [0.717, 1.165) is 27.4 Å². The molecule has 0 aliphatic heterocycles. The van der Waals surface area contributed by atoms with Gasteiger partial charge < -0.3 is 14.6 Å². The molecule has 2 aromatic rings. The molecule has 1 aromatic carbocycles. The first-order valence-corrected chi connectivity index (χ1v) is 6.93. The van der Waals surface area contributed by atoms with Crippen molar-refractivity contribution in [2.75, 3.05) is 25.6 Å². The minimum atomic E-state index is 0.122. The molecule has 0 bridgehead atoms. The first kappa shape index (κ1) is 14.1. The zero-order valence-corrected chi connectivity index (χ0v) is 13.0. The van der Waals surface area contributed by atoms with Gasteiger partial charge in [-0.2, -0.15) is 0 Å². The third kappa shape index (κ3) is 2.82. The quantitative estimate of drug-likeness (QED) is 0.939. The Balaban J connectivity index is 2.39. The van der Waals surface area contributed by atoms with Crippen LogP contribution in [0.3, 0.4) is 0 Å². The van der Waals surface area contributed by atoms with Crippen LogP contribution in [0, 0.1) is 0 Å². The van der Waals surface area contributed by atoms with E-state index >= 15 is 0 Å². The van der Waals surface area contributed by atoms with Crippen LogP contribution < -0.4 is 4.90 Å². The molecule has 0 unspecified atom stereocenters. The van der Waals surface area contributed by atoms with E-state index in [-0.39, 0.29) is 6.61 Å². The standard InChI is InChI=1S/C14H18BrN3O/c1-17(2)11-6-4-10(5-7-11)14-16-13(15)12(8-9-19)18(14)3/h4-7,19H,8-9H2,1-3H3. The summed E-state index contributed by atoms with van der Waals surface area (Å²) >= 11 is 3.45. The van der Waals surface area contributed by atoms with Crippen LogP contribution in [0.1, 0.15) is 5.69 Å². The number of imidazole rings is 1. The maximum Gasteiger partial charge on any atom is 0.141 e. The Hall–Kier alpha value is -1.33. The lowest BCUT2D eigenvalue weighted by Crippen LogP contribution is -2.08. The Morgan fingerprint density at radius 2 is 1.89 bits per heavy atom. The van der Waals surface area contributed by atoms with Crippen molar-refractivity contribution in [2.45, 2.75) is 6.42 Å². The van der Waals surface area contributed by atoms with Gasteiger partial charge in [0.2, 0.25) is 0 Å². The van der Waals surface area contributed by atoms with E-state index in [0.29, 0.717) is 6.42 Å². The Morgan fingerprint density at radius 3 is 2.42 bits per heavy atom. The van der Waals surface area contributed by atoms with E-state index in [1.54, 1.807) is 0 Å². The summed E-state index contributed by atoms with van der Waals surface area (Å²) in [6.45, 7) is 0.122. The van der Waals surface area contributed by atoms with Gasteiger partial charge in [-0.25, -0.2) is 4.98 Å². The van der Waals surface area contributed by atoms with Gasteiger partial charge in [-0.05, 0) is 40.2 Å². The number of benzene rings is 1. The fraction of sp³-hybridized carbons (Fsp3) is 0.357. The number of anilines is 1. The summed E-state index contributed by atoms with van der Waals surface area (Å²) in [5, 5.41) is 9.08. The first-order valence-electron chi connectivity index (χ1n) is 6.14. The molecule has 0 saturated heterocycles. The molecular formula is C14H18BrN3O. The van der Waals surface area contributed by atoms with Gasteiger partial charge in [0.05, 0.1) is 5.69 Å². The van der Waals surface area contributed by atoms with Crippen molar-refractivity contribution in [1.29, 1.82) is 0 Å². The molecule has 0 aliphatic rings. The second kappa shape index (κ2) is 5.75. The van der Waals surface area contributed by atoms with Crippen molar-refractivity contribution < 1.29 is 5.11 Å². The molecule has 0 fully saturated rings. The molecule has 5 heteroatoms. The maximum absolute atomic E-state index is 9.08. The predicted octanol–water partition coefficient (Wildman–Crippen LogP) is 2.45. The lowest BCUT2D eigenvalue weighted by atomic mass is 10.2. The van der Waals surface area contributed by atoms with E-state index in [9.17, 15) is 0 Å². The largest absolute Gasteiger partial charge is 0.396 e. The second-order valence-electron chi connectivity index (χ2n) is 4.65. The fourth-order valence-electron chi connectivity index (χ4n) is 2.04. The number of hydrogen-bond donors (Lipinski definition) is 1. The molecule has 1 aromatic heterocycles. The summed E-state index contributed by atoms with van der Waals surface area (Å²) in [4.78, 5) is 6.59. The van der Waals surface area contributed by atoms with Crippen LogP contribution in [-0.2, 0) is 13.5 Å². The second-order valence-corrected chi connectivity index (χ2v) is 5.40. The van der Waals surface area contributed by atoms with Crippen molar-refractivity contribution in [3.63, 3.8) is 0 Å². The summed E-state index contributed by atoms with van der Waals surface area (Å²) < 4.78 is 2.82. The Morgan fingerprint density at radius 1 is 1.26 bits per heavy atom. The molecule has 0 radical (unpaired) electrons. The van der Waals surface area contributed by atoms with Crippen molar-refractivity contribution in [1.82, 2.24) is 9.55 Å². The zero-order valence-electron chi connectivity index (χ0n) is 11.4. The highest BCUT2D eigenvalue weighted by Gasteiger charge is 2.13. The monoisotopic (exact) mass is 323 g/mol. The van der Waals surface area contributed by atoms with E-state index in [1.165, 1.54) is 0 Å². The van der Waals surface area contributed by atoms with E-state index in [1.807, 2.05) is 25.7 Å². The van der Waals surface area contributed by atoms with Gasteiger partial charge in [-0.1, -0.05) is 0 Å². The van der Waals surface area contributed by atoms with Crippen molar-refractivity contribution in [2.24, 2.45) is 7.05 Å². The van der Waals surface area contributed by atoms with Gasteiger partial charge in [-0.15, -0.1) is 0 Å². The molecule has 2 rings (SSSR count). The minimum absolute atomic E-state index is 0.122. The van der Waals surface area contributed by atoms with Crippen LogP contribution in [0.5, 0.6) is 0 Å². The Labute approximate surface area is 121 Å². The third-order valence-electron chi connectivity index (χ3n) is 3.16. The molecule has 1 N–H and O–H groups in total. The third-order valence-corrected chi connectivity index (χ3v) is 3.79. The molecule has 0 saturated carbocycles. The number of aromatic nitrogens is 2. The summed E-state index contributed by atoms with van der Waals surface area (Å²) in [7, 11) is 6.01. The van der Waals surface area contributed by atoms with E-state index < -0.39 is 0 Å². The van der Waals surface area contributed by atoms with Gasteiger partial charge in [0, 0.05) is 45.4 Å². The average molecular weight is 324 g/mol. The normalized spacial score (nSPS) is 10.8. The summed E-state index contributed by atoms with van der Waals surface area (Å²) in [5.41, 5.74) is 3.24. The highest BCUT2D eigenvalue weighted by molar-refractivity contribution is 9.10. The first-order chi connectivity index (χ1) is 9.04. The smallest absolute Gasteiger partial charge is 0.141 e. The van der Waals surface area contributed by atoms with Crippen LogP contribution in [0.15, 0.2) is 28.9 Å². The van der Waals surface area contributed by atoms with Gasteiger partial charge in [0.15, 0.2) is 0 Å². The highest BCUT2D eigenvalue weighted by Crippen LogP contribution is 2.26. The van der Waals surface area contributed by atoms with Crippen LogP contribution in [0.4, 0.5) is 5.69 Å². The predicted molar refractivity (Wildman–Crippen MR) is 81.5 cm³/mol. The highest BCUT2D eigenvalue weighted by atomic mass is 79.9. The number of hydrogen-bond acceptors (Lipinski definition) is 3. The number of aliphatic hydroxyl groups excluding tert-OH is 1. The van der Waals surface area contributed by atoms with E-state index in [2.05, 4.69) is 50.1 Å². The fourth-order valence-corrected chi connectivity index (χ4v) is 2.67. The average Bonchev–Trinajstić information content (AvgIpc) is 2.67.